The first-order valence-electron chi connectivity index (χ1n) is 4.38. The Kier molecular flexibility index (Phi) is 2.31. The summed E-state index contributed by atoms with van der Waals surface area (Å²) < 4.78 is 17.2. The Hall–Kier alpha value is -1.64. The molecule has 3 heteroatoms. The molecule has 72 valence electrons. The molecule has 0 bridgehead atoms. The average molecular weight is 191 g/mol. The van der Waals surface area contributed by atoms with Crippen LogP contribution in [0, 0.1) is 6.92 Å². The highest BCUT2D eigenvalue weighted by Gasteiger charge is 2.05. The van der Waals surface area contributed by atoms with E-state index >= 15 is 0 Å². The van der Waals surface area contributed by atoms with Crippen molar-refractivity contribution in [1.29, 1.82) is 0 Å². The number of aryl methyl sites for hydroxylation is 1. The summed E-state index contributed by atoms with van der Waals surface area (Å²) >= 11 is 0. The molecule has 0 saturated carbocycles. The molecule has 2 rings (SSSR count). The summed E-state index contributed by atoms with van der Waals surface area (Å²) in [7, 11) is 0. The summed E-state index contributed by atoms with van der Waals surface area (Å²) in [5, 5.41) is 3.58. The molecule has 0 radical (unpaired) electrons. The van der Waals surface area contributed by atoms with E-state index in [4.69, 9.17) is 4.52 Å². The van der Waals surface area contributed by atoms with Crippen molar-refractivity contribution in [2.45, 2.75) is 13.6 Å². The molecule has 0 unspecified atom stereocenters. The highest BCUT2D eigenvalue weighted by molar-refractivity contribution is 5.57. The molecule has 0 aliphatic carbocycles. The topological polar surface area (TPSA) is 26.0 Å². The van der Waals surface area contributed by atoms with Gasteiger partial charge in [0.15, 0.2) is 5.76 Å². The second-order valence-corrected chi connectivity index (χ2v) is 3.18. The lowest BCUT2D eigenvalue weighted by Gasteiger charge is -1.95. The van der Waals surface area contributed by atoms with Gasteiger partial charge in [-0.05, 0) is 6.92 Å². The Bertz CT molecular complexity index is 419. The van der Waals surface area contributed by atoms with E-state index in [9.17, 15) is 4.39 Å². The monoisotopic (exact) mass is 191 g/mol. The molecular formula is C11H10FNO. The first-order chi connectivity index (χ1) is 6.79. The van der Waals surface area contributed by atoms with Gasteiger partial charge in [0.05, 0.1) is 0 Å². The number of halogens is 1. The van der Waals surface area contributed by atoms with E-state index in [1.807, 2.05) is 31.2 Å². The molecule has 1 aromatic heterocycles. The Morgan fingerprint density at radius 2 is 2.00 bits per heavy atom. The van der Waals surface area contributed by atoms with E-state index in [2.05, 4.69) is 5.16 Å². The number of aromatic nitrogens is 1. The van der Waals surface area contributed by atoms with E-state index < -0.39 is 6.67 Å². The minimum Gasteiger partial charge on any atom is -0.356 e. The van der Waals surface area contributed by atoms with Crippen molar-refractivity contribution in [1.82, 2.24) is 5.16 Å². The predicted molar refractivity (Wildman–Crippen MR) is 51.5 cm³/mol. The molecule has 1 heterocycles. The molecule has 1 aromatic carbocycles. The highest BCUT2D eigenvalue weighted by Crippen LogP contribution is 2.20. The van der Waals surface area contributed by atoms with E-state index in [0.29, 0.717) is 11.5 Å². The van der Waals surface area contributed by atoms with Gasteiger partial charge in [-0.3, -0.25) is 0 Å². The molecule has 2 nitrogen and oxygen atoms in total. The Balaban J connectivity index is 2.34. The van der Waals surface area contributed by atoms with Crippen LogP contribution in [-0.4, -0.2) is 5.16 Å². The van der Waals surface area contributed by atoms with Crippen molar-refractivity contribution in [2.75, 3.05) is 0 Å². The van der Waals surface area contributed by atoms with Crippen molar-refractivity contribution in [3.63, 3.8) is 0 Å². The summed E-state index contributed by atoms with van der Waals surface area (Å²) in [5.74, 6) is 0.609. The largest absolute Gasteiger partial charge is 0.356 e. The normalized spacial score (nSPS) is 10.4. The van der Waals surface area contributed by atoms with Crippen LogP contribution in [0.5, 0.6) is 0 Å². The molecule has 0 spiro atoms. The standard InChI is InChI=1S/C11H10FNO/c1-8-2-4-9(5-3-8)11-6-10(7-12)13-14-11/h2-6H,7H2,1H3. The van der Waals surface area contributed by atoms with Gasteiger partial charge in [0.1, 0.15) is 12.4 Å². The van der Waals surface area contributed by atoms with Crippen LogP contribution >= 0.6 is 0 Å². The minimum absolute atomic E-state index is 0.334. The third-order valence-corrected chi connectivity index (χ3v) is 2.03. The van der Waals surface area contributed by atoms with Gasteiger partial charge in [-0.15, -0.1) is 0 Å². The Morgan fingerprint density at radius 1 is 1.29 bits per heavy atom. The smallest absolute Gasteiger partial charge is 0.167 e. The molecule has 0 saturated heterocycles. The molecule has 0 N–H and O–H groups in total. The molecule has 0 aliphatic rings. The maximum atomic E-state index is 12.2. The fourth-order valence-electron chi connectivity index (χ4n) is 1.23. The molecule has 14 heavy (non-hydrogen) atoms. The second-order valence-electron chi connectivity index (χ2n) is 3.18. The molecule has 0 amide bonds. The van der Waals surface area contributed by atoms with Gasteiger partial charge in [-0.1, -0.05) is 35.0 Å². The first-order valence-corrected chi connectivity index (χ1v) is 4.38. The molecule has 0 fully saturated rings. The van der Waals surface area contributed by atoms with Crippen LogP contribution in [0.15, 0.2) is 34.9 Å². The highest BCUT2D eigenvalue weighted by atomic mass is 19.1. The van der Waals surface area contributed by atoms with Crippen molar-refractivity contribution in [3.8, 4) is 11.3 Å². The number of hydrogen-bond acceptors (Lipinski definition) is 2. The van der Waals surface area contributed by atoms with Gasteiger partial charge in [0.25, 0.3) is 0 Å². The van der Waals surface area contributed by atoms with E-state index in [1.165, 1.54) is 5.56 Å². The Morgan fingerprint density at radius 3 is 2.57 bits per heavy atom. The Labute approximate surface area is 81.3 Å². The fraction of sp³-hybridized carbons (Fsp3) is 0.182. The fourth-order valence-corrected chi connectivity index (χ4v) is 1.23. The first kappa shape index (κ1) is 8.94. The molecule has 0 atom stereocenters. The average Bonchev–Trinajstić information content (AvgIpc) is 2.67. The van der Waals surface area contributed by atoms with Crippen molar-refractivity contribution >= 4 is 0 Å². The van der Waals surface area contributed by atoms with Gasteiger partial charge >= 0.3 is 0 Å². The number of alkyl halides is 1. The summed E-state index contributed by atoms with van der Waals surface area (Å²) in [5.41, 5.74) is 2.43. The lowest BCUT2D eigenvalue weighted by Crippen LogP contribution is -1.75. The number of hydrogen-bond donors (Lipinski definition) is 0. The number of rotatable bonds is 2. The molecule has 2 aromatic rings. The third kappa shape index (κ3) is 1.66. The summed E-state index contributed by atoms with van der Waals surface area (Å²) in [6, 6.07) is 9.43. The van der Waals surface area contributed by atoms with Crippen molar-refractivity contribution in [3.05, 3.63) is 41.6 Å². The van der Waals surface area contributed by atoms with Crippen LogP contribution in [0.1, 0.15) is 11.3 Å². The van der Waals surface area contributed by atoms with Crippen LogP contribution in [-0.2, 0) is 6.67 Å². The van der Waals surface area contributed by atoms with Crippen LogP contribution in [0.2, 0.25) is 0 Å². The van der Waals surface area contributed by atoms with Gasteiger partial charge in [0, 0.05) is 11.6 Å². The zero-order chi connectivity index (χ0) is 9.97. The van der Waals surface area contributed by atoms with Gasteiger partial charge in [-0.2, -0.15) is 0 Å². The number of benzene rings is 1. The lowest BCUT2D eigenvalue weighted by atomic mass is 10.1. The summed E-state index contributed by atoms with van der Waals surface area (Å²) in [4.78, 5) is 0. The lowest BCUT2D eigenvalue weighted by molar-refractivity contribution is 0.396. The quantitative estimate of drug-likeness (QED) is 0.728. The second kappa shape index (κ2) is 3.62. The third-order valence-electron chi connectivity index (χ3n) is 2.03. The minimum atomic E-state index is -0.588. The van der Waals surface area contributed by atoms with Gasteiger partial charge in [0.2, 0.25) is 0 Å². The van der Waals surface area contributed by atoms with Crippen LogP contribution in [0.4, 0.5) is 4.39 Å². The zero-order valence-electron chi connectivity index (χ0n) is 7.83. The van der Waals surface area contributed by atoms with E-state index in [0.717, 1.165) is 5.56 Å². The maximum Gasteiger partial charge on any atom is 0.167 e. The summed E-state index contributed by atoms with van der Waals surface area (Å²) in [6.45, 7) is 1.42. The van der Waals surface area contributed by atoms with Crippen molar-refractivity contribution in [2.24, 2.45) is 0 Å². The van der Waals surface area contributed by atoms with Crippen LogP contribution in [0.25, 0.3) is 11.3 Å². The zero-order valence-corrected chi connectivity index (χ0v) is 7.83. The van der Waals surface area contributed by atoms with Gasteiger partial charge in [-0.25, -0.2) is 4.39 Å². The molecule has 0 aliphatic heterocycles. The molecular weight excluding hydrogens is 181 g/mol. The van der Waals surface area contributed by atoms with Gasteiger partial charge < -0.3 is 4.52 Å². The van der Waals surface area contributed by atoms with E-state index in [-0.39, 0.29) is 0 Å². The summed E-state index contributed by atoms with van der Waals surface area (Å²) in [6.07, 6.45) is 0. The maximum absolute atomic E-state index is 12.2. The van der Waals surface area contributed by atoms with Crippen LogP contribution in [0.3, 0.4) is 0 Å². The predicted octanol–water partition coefficient (Wildman–Crippen LogP) is 3.12. The van der Waals surface area contributed by atoms with Crippen LogP contribution < -0.4 is 0 Å². The number of nitrogens with zero attached hydrogens (tertiary/aromatic N) is 1. The van der Waals surface area contributed by atoms with E-state index in [1.54, 1.807) is 6.07 Å². The van der Waals surface area contributed by atoms with Crippen molar-refractivity contribution < 1.29 is 8.91 Å². The SMILES string of the molecule is Cc1ccc(-c2cc(CF)no2)cc1.